The Kier molecular flexibility index (Phi) is 7.12. The number of aliphatic hydroxyl groups excluding tert-OH is 1. The molecular weight excluding hydrogens is 468 g/mol. The number of rotatable bonds is 5. The molecule has 3 amide bonds. The number of nitrogens with zero attached hydrogens (tertiary/aromatic N) is 1. The standard InChI is InChI=1S/C27H25F2N3O4/c1-15(30-26(35)24(33)16-12-17(28)14-18(29)13-16)25(34)31-23-21-10-5-3-4-8-19(21)20-9-6-7-11-22(20)32(2)27(23)36/h4-15,23-24,33H,3H2,1-2H3,(H,30,35)(H,31,34)/t15-,23?,24-/m0/s1. The number of hydrogen-bond acceptors (Lipinski definition) is 4. The van der Waals surface area contributed by atoms with Crippen molar-refractivity contribution in [2.45, 2.75) is 31.5 Å². The lowest BCUT2D eigenvalue weighted by atomic mass is 9.95. The van der Waals surface area contributed by atoms with Gasteiger partial charge in [0.15, 0.2) is 6.10 Å². The van der Waals surface area contributed by atoms with E-state index in [4.69, 9.17) is 0 Å². The molecule has 2 aromatic carbocycles. The maximum atomic E-state index is 13.5. The van der Waals surface area contributed by atoms with Crippen molar-refractivity contribution in [1.82, 2.24) is 10.6 Å². The normalized spacial score (nSPS) is 18.5. The van der Waals surface area contributed by atoms with Gasteiger partial charge in [-0.25, -0.2) is 8.78 Å². The Labute approximate surface area is 206 Å². The number of nitrogens with one attached hydrogen (secondary N) is 2. The summed E-state index contributed by atoms with van der Waals surface area (Å²) in [7, 11) is 1.62. The second-order valence-electron chi connectivity index (χ2n) is 8.60. The molecule has 2 aliphatic rings. The van der Waals surface area contributed by atoms with Crippen molar-refractivity contribution < 1.29 is 28.3 Å². The topological polar surface area (TPSA) is 98.7 Å². The zero-order valence-electron chi connectivity index (χ0n) is 19.7. The maximum absolute atomic E-state index is 13.5. The Morgan fingerprint density at radius 3 is 2.44 bits per heavy atom. The average Bonchev–Trinajstić information content (AvgIpc) is 3.14. The number of fused-ring (bicyclic) bond motifs is 2. The lowest BCUT2D eigenvalue weighted by Crippen LogP contribution is -2.53. The van der Waals surface area contributed by atoms with E-state index in [1.165, 1.54) is 11.8 Å². The van der Waals surface area contributed by atoms with Gasteiger partial charge in [0.2, 0.25) is 5.91 Å². The van der Waals surface area contributed by atoms with Gasteiger partial charge in [-0.05, 0) is 48.3 Å². The van der Waals surface area contributed by atoms with Crippen molar-refractivity contribution in [3.63, 3.8) is 0 Å². The highest BCUT2D eigenvalue weighted by Gasteiger charge is 2.35. The van der Waals surface area contributed by atoms with Crippen LogP contribution in [0.15, 0.2) is 72.3 Å². The molecule has 0 radical (unpaired) electrons. The van der Waals surface area contributed by atoms with E-state index in [1.807, 2.05) is 42.5 Å². The van der Waals surface area contributed by atoms with Gasteiger partial charge in [0.05, 0.1) is 5.69 Å². The first-order chi connectivity index (χ1) is 17.2. The first-order valence-corrected chi connectivity index (χ1v) is 11.4. The Balaban J connectivity index is 1.56. The van der Waals surface area contributed by atoms with E-state index in [-0.39, 0.29) is 11.5 Å². The second kappa shape index (κ2) is 10.2. The van der Waals surface area contributed by atoms with Gasteiger partial charge < -0.3 is 20.6 Å². The van der Waals surface area contributed by atoms with E-state index in [0.717, 1.165) is 23.3 Å². The molecule has 1 aliphatic carbocycles. The number of aliphatic hydroxyl groups is 1. The van der Waals surface area contributed by atoms with E-state index in [1.54, 1.807) is 13.1 Å². The molecule has 4 rings (SSSR count). The van der Waals surface area contributed by atoms with Crippen molar-refractivity contribution in [3.8, 4) is 0 Å². The van der Waals surface area contributed by atoms with Crippen LogP contribution in [0.25, 0.3) is 5.57 Å². The zero-order chi connectivity index (χ0) is 26.0. The number of amides is 3. The van der Waals surface area contributed by atoms with Crippen LogP contribution in [-0.2, 0) is 14.4 Å². The predicted molar refractivity (Wildman–Crippen MR) is 131 cm³/mol. The summed E-state index contributed by atoms with van der Waals surface area (Å²) in [6.45, 7) is 1.38. The molecule has 0 fully saturated rings. The number of hydrogen-bond donors (Lipinski definition) is 3. The van der Waals surface area contributed by atoms with E-state index in [0.29, 0.717) is 23.7 Å². The smallest absolute Gasteiger partial charge is 0.254 e. The highest BCUT2D eigenvalue weighted by molar-refractivity contribution is 6.08. The number of carbonyl (C=O) groups is 3. The molecule has 0 spiro atoms. The van der Waals surface area contributed by atoms with Crippen LogP contribution in [0.4, 0.5) is 14.5 Å². The summed E-state index contributed by atoms with van der Waals surface area (Å²) in [5, 5.41) is 15.3. The van der Waals surface area contributed by atoms with Crippen molar-refractivity contribution in [2.75, 3.05) is 11.9 Å². The quantitative estimate of drug-likeness (QED) is 0.597. The highest BCUT2D eigenvalue weighted by Crippen LogP contribution is 2.36. The maximum Gasteiger partial charge on any atom is 0.254 e. The van der Waals surface area contributed by atoms with Crippen molar-refractivity contribution in [1.29, 1.82) is 0 Å². The summed E-state index contributed by atoms with van der Waals surface area (Å²) < 4.78 is 26.9. The Hall–Kier alpha value is -4.11. The first kappa shape index (κ1) is 25.0. The minimum Gasteiger partial charge on any atom is -0.378 e. The molecule has 0 bridgehead atoms. The first-order valence-electron chi connectivity index (χ1n) is 11.4. The van der Waals surface area contributed by atoms with Gasteiger partial charge in [-0.3, -0.25) is 14.4 Å². The molecule has 1 unspecified atom stereocenters. The highest BCUT2D eigenvalue weighted by atomic mass is 19.1. The lowest BCUT2D eigenvalue weighted by Gasteiger charge is -2.25. The van der Waals surface area contributed by atoms with E-state index in [2.05, 4.69) is 10.6 Å². The van der Waals surface area contributed by atoms with Crippen LogP contribution >= 0.6 is 0 Å². The number of carbonyl (C=O) groups excluding carboxylic acids is 3. The van der Waals surface area contributed by atoms with Crippen LogP contribution in [0.1, 0.15) is 30.6 Å². The van der Waals surface area contributed by atoms with Crippen molar-refractivity contribution in [2.24, 2.45) is 0 Å². The van der Waals surface area contributed by atoms with Gasteiger partial charge in [-0.15, -0.1) is 0 Å². The fourth-order valence-corrected chi connectivity index (χ4v) is 4.23. The van der Waals surface area contributed by atoms with Crippen molar-refractivity contribution >= 4 is 29.0 Å². The third kappa shape index (κ3) is 4.96. The molecule has 0 saturated heterocycles. The third-order valence-corrected chi connectivity index (χ3v) is 6.10. The molecule has 2 aromatic rings. The van der Waals surface area contributed by atoms with Crippen LogP contribution in [0.2, 0.25) is 0 Å². The van der Waals surface area contributed by atoms with Gasteiger partial charge in [-0.1, -0.05) is 42.5 Å². The minimum absolute atomic E-state index is 0.291. The second-order valence-corrected chi connectivity index (χ2v) is 8.60. The van der Waals surface area contributed by atoms with Crippen LogP contribution in [0.3, 0.4) is 0 Å². The molecule has 7 nitrogen and oxygen atoms in total. The van der Waals surface area contributed by atoms with Gasteiger partial charge in [0.1, 0.15) is 23.7 Å². The molecule has 9 heteroatoms. The molecule has 3 atom stereocenters. The number of halogens is 2. The minimum atomic E-state index is -1.89. The lowest BCUT2D eigenvalue weighted by molar-refractivity contribution is -0.134. The van der Waals surface area contributed by atoms with Gasteiger partial charge in [0, 0.05) is 18.7 Å². The molecule has 3 N–H and O–H groups in total. The summed E-state index contributed by atoms with van der Waals surface area (Å²) in [6.07, 6.45) is 6.34. The molecule has 1 heterocycles. The number of anilines is 1. The fourth-order valence-electron chi connectivity index (χ4n) is 4.23. The monoisotopic (exact) mass is 493 g/mol. The molecule has 1 aliphatic heterocycles. The van der Waals surface area contributed by atoms with E-state index >= 15 is 0 Å². The number of likely N-dealkylation sites (N-methyl/N-ethyl adjacent to an activating group) is 1. The van der Waals surface area contributed by atoms with E-state index < -0.39 is 41.6 Å². The zero-order valence-corrected chi connectivity index (χ0v) is 19.7. The molecule has 0 saturated carbocycles. The molecule has 186 valence electrons. The van der Waals surface area contributed by atoms with E-state index in [9.17, 15) is 28.3 Å². The Morgan fingerprint density at radius 1 is 1.06 bits per heavy atom. The largest absolute Gasteiger partial charge is 0.378 e. The summed E-state index contributed by atoms with van der Waals surface area (Å²) in [5.74, 6) is -3.96. The average molecular weight is 494 g/mol. The number of para-hydroxylation sites is 1. The molecular formula is C27H25F2N3O4. The third-order valence-electron chi connectivity index (χ3n) is 6.10. The number of benzene rings is 2. The van der Waals surface area contributed by atoms with Crippen molar-refractivity contribution in [3.05, 3.63) is 95.1 Å². The number of allylic oxidation sites excluding steroid dienone is 4. The van der Waals surface area contributed by atoms with Crippen LogP contribution in [-0.4, -0.2) is 42.0 Å². The predicted octanol–water partition coefficient (Wildman–Crippen LogP) is 2.93. The Morgan fingerprint density at radius 2 is 1.72 bits per heavy atom. The van der Waals surface area contributed by atoms with Gasteiger partial charge in [0.25, 0.3) is 11.8 Å². The summed E-state index contributed by atoms with van der Waals surface area (Å²) in [6, 6.07) is 7.50. The fraction of sp³-hybridized carbons (Fsp3) is 0.222. The Bertz CT molecular complexity index is 1300. The van der Waals surface area contributed by atoms with Gasteiger partial charge in [-0.2, -0.15) is 0 Å². The molecule has 36 heavy (non-hydrogen) atoms. The van der Waals surface area contributed by atoms with Crippen LogP contribution < -0.4 is 15.5 Å². The SMILES string of the molecule is C[C@H](NC(=O)[C@@H](O)c1cc(F)cc(F)c1)C(=O)NC1C(=O)N(C)c2ccccc2C2=C1C=CCC=C2. The van der Waals surface area contributed by atoms with Crippen LogP contribution in [0.5, 0.6) is 0 Å². The van der Waals surface area contributed by atoms with Gasteiger partial charge >= 0.3 is 0 Å². The summed E-state index contributed by atoms with van der Waals surface area (Å²) in [5.41, 5.74) is 2.64. The molecule has 0 aromatic heterocycles. The van der Waals surface area contributed by atoms with Crippen LogP contribution in [0, 0.1) is 11.6 Å². The summed E-state index contributed by atoms with van der Waals surface area (Å²) in [4.78, 5) is 40.4. The summed E-state index contributed by atoms with van der Waals surface area (Å²) >= 11 is 0.